The molecule has 2 N–H and O–H groups in total. The summed E-state index contributed by atoms with van der Waals surface area (Å²) in [6.45, 7) is 5.15. The number of carbonyl (C=O) groups excluding carboxylic acids is 4. The largest absolute Gasteiger partial charge is 0.494 e. The molecule has 0 saturated carbocycles. The third-order valence-corrected chi connectivity index (χ3v) is 5.46. The van der Waals surface area contributed by atoms with Gasteiger partial charge >= 0.3 is 12.1 Å². The second-order valence-electron chi connectivity index (χ2n) is 7.49. The molecule has 0 radical (unpaired) electrons. The maximum Gasteiger partial charge on any atom is 0.409 e. The van der Waals surface area contributed by atoms with Gasteiger partial charge in [0, 0.05) is 37.1 Å². The number of hydrogen-bond acceptors (Lipinski definition) is 8. The molecule has 1 aliphatic heterocycles. The highest BCUT2D eigenvalue weighted by molar-refractivity contribution is 6.15. The van der Waals surface area contributed by atoms with E-state index in [-0.39, 0.29) is 53.5 Å². The van der Waals surface area contributed by atoms with Crippen LogP contribution in [0.15, 0.2) is 18.2 Å². The second-order valence-corrected chi connectivity index (χ2v) is 7.49. The van der Waals surface area contributed by atoms with Crippen molar-refractivity contribution in [2.45, 2.75) is 20.3 Å². The molecule has 182 valence electrons. The van der Waals surface area contributed by atoms with E-state index in [1.807, 2.05) is 0 Å². The van der Waals surface area contributed by atoms with Crippen molar-refractivity contribution in [2.24, 2.45) is 5.73 Å². The van der Waals surface area contributed by atoms with Gasteiger partial charge in [-0.2, -0.15) is 0 Å². The number of benzene rings is 1. The molecule has 0 bridgehead atoms. The topological polar surface area (TPSA) is 141 Å². The van der Waals surface area contributed by atoms with Gasteiger partial charge in [0.15, 0.2) is 5.75 Å². The van der Waals surface area contributed by atoms with Gasteiger partial charge in [0.25, 0.3) is 0 Å². The van der Waals surface area contributed by atoms with Crippen LogP contribution in [0, 0.1) is 0 Å². The number of pyridine rings is 1. The van der Waals surface area contributed by atoms with Crippen LogP contribution in [0.2, 0.25) is 0 Å². The summed E-state index contributed by atoms with van der Waals surface area (Å²) in [5.74, 6) is -1.63. The maximum atomic E-state index is 13.1. The molecule has 2 aromatic rings. The third-order valence-electron chi connectivity index (χ3n) is 5.46. The van der Waals surface area contributed by atoms with E-state index < -0.39 is 18.0 Å². The van der Waals surface area contributed by atoms with Gasteiger partial charge in [0.2, 0.25) is 11.8 Å². The molecular formula is C23H28N4O7. The van der Waals surface area contributed by atoms with E-state index >= 15 is 0 Å². The highest BCUT2D eigenvalue weighted by atomic mass is 16.6. The molecule has 1 fully saturated rings. The fourth-order valence-corrected chi connectivity index (χ4v) is 3.90. The minimum atomic E-state index is -0.733. The first-order valence-electron chi connectivity index (χ1n) is 11.0. The summed E-state index contributed by atoms with van der Waals surface area (Å²) in [6.07, 6.45) is -0.553. The fraction of sp³-hybridized carbons (Fsp3) is 0.435. The Bertz CT molecular complexity index is 1110. The van der Waals surface area contributed by atoms with Crippen molar-refractivity contribution < 1.29 is 33.4 Å². The first kappa shape index (κ1) is 24.7. The lowest BCUT2D eigenvalue weighted by Crippen LogP contribution is -2.51. The van der Waals surface area contributed by atoms with Crippen LogP contribution in [-0.2, 0) is 20.7 Å². The number of esters is 1. The Balaban J connectivity index is 1.95. The van der Waals surface area contributed by atoms with E-state index in [0.717, 1.165) is 0 Å². The van der Waals surface area contributed by atoms with Crippen molar-refractivity contribution in [3.8, 4) is 5.75 Å². The fourth-order valence-electron chi connectivity index (χ4n) is 3.90. The molecule has 3 rings (SSSR count). The molecule has 0 spiro atoms. The molecule has 2 heterocycles. The minimum absolute atomic E-state index is 0.00122. The van der Waals surface area contributed by atoms with Gasteiger partial charge < -0.3 is 29.7 Å². The summed E-state index contributed by atoms with van der Waals surface area (Å²) in [4.78, 5) is 57.6. The number of hydrogen-bond donors (Lipinski definition) is 1. The predicted molar refractivity (Wildman–Crippen MR) is 122 cm³/mol. The smallest absolute Gasteiger partial charge is 0.409 e. The normalized spacial score (nSPS) is 13.5. The molecule has 0 atom stereocenters. The number of piperazine rings is 1. The number of amides is 3. The molecule has 3 amide bonds. The summed E-state index contributed by atoms with van der Waals surface area (Å²) in [5.41, 5.74) is 6.17. The first-order valence-corrected chi connectivity index (χ1v) is 11.0. The Morgan fingerprint density at radius 2 is 1.65 bits per heavy atom. The third kappa shape index (κ3) is 5.03. The molecule has 0 aliphatic carbocycles. The number of nitrogens with two attached hydrogens (primary N) is 1. The Morgan fingerprint density at radius 1 is 1.00 bits per heavy atom. The second kappa shape index (κ2) is 10.8. The van der Waals surface area contributed by atoms with Crippen molar-refractivity contribution in [1.29, 1.82) is 0 Å². The van der Waals surface area contributed by atoms with Crippen molar-refractivity contribution in [3.05, 3.63) is 35.0 Å². The Morgan fingerprint density at radius 3 is 2.24 bits per heavy atom. The molecule has 11 nitrogen and oxygen atoms in total. The van der Waals surface area contributed by atoms with Crippen LogP contribution in [0.5, 0.6) is 5.75 Å². The zero-order chi connectivity index (χ0) is 24.8. The van der Waals surface area contributed by atoms with Gasteiger partial charge in [-0.25, -0.2) is 14.6 Å². The lowest BCUT2D eigenvalue weighted by atomic mass is 9.99. The van der Waals surface area contributed by atoms with Crippen LogP contribution in [0.1, 0.15) is 40.3 Å². The minimum Gasteiger partial charge on any atom is -0.494 e. The average Bonchev–Trinajstić information content (AvgIpc) is 2.82. The van der Waals surface area contributed by atoms with E-state index in [9.17, 15) is 19.2 Å². The van der Waals surface area contributed by atoms with Crippen molar-refractivity contribution >= 4 is 34.8 Å². The van der Waals surface area contributed by atoms with E-state index in [2.05, 4.69) is 4.98 Å². The van der Waals surface area contributed by atoms with Crippen molar-refractivity contribution in [3.63, 3.8) is 0 Å². The molecule has 1 aliphatic rings. The summed E-state index contributed by atoms with van der Waals surface area (Å²) < 4.78 is 15.7. The first-order chi connectivity index (χ1) is 16.3. The van der Waals surface area contributed by atoms with Gasteiger partial charge in [-0.1, -0.05) is 6.07 Å². The van der Waals surface area contributed by atoms with Crippen LogP contribution >= 0.6 is 0 Å². The Kier molecular flexibility index (Phi) is 7.87. The van der Waals surface area contributed by atoms with Crippen LogP contribution in [0.4, 0.5) is 4.79 Å². The number of primary amides is 1. The highest BCUT2D eigenvalue weighted by Gasteiger charge is 2.29. The number of ether oxygens (including phenoxy) is 3. The lowest BCUT2D eigenvalue weighted by molar-refractivity contribution is -0.132. The highest BCUT2D eigenvalue weighted by Crippen LogP contribution is 2.33. The summed E-state index contributed by atoms with van der Waals surface area (Å²) in [5, 5.41) is 0.213. The molecule has 0 unspecified atom stereocenters. The number of methoxy groups -OCH3 is 1. The SMILES string of the molecule is CCOC(=O)c1c(OC)c(CC(=O)N2CCN(C(=O)OCC)CC2)nc2cccc(C(N)=O)c12. The van der Waals surface area contributed by atoms with Gasteiger partial charge in [-0.15, -0.1) is 0 Å². The quantitative estimate of drug-likeness (QED) is 0.596. The molecule has 11 heteroatoms. The summed E-state index contributed by atoms with van der Waals surface area (Å²) in [6, 6.07) is 4.70. The number of nitrogens with zero attached hydrogens (tertiary/aromatic N) is 3. The Labute approximate surface area is 196 Å². The summed E-state index contributed by atoms with van der Waals surface area (Å²) in [7, 11) is 1.35. The van der Waals surface area contributed by atoms with Gasteiger partial charge in [-0.05, 0) is 26.0 Å². The standard InChI is InChI=1S/C23H28N4O7/c1-4-33-22(30)19-18-14(21(24)29)7-6-8-15(18)25-16(20(19)32-3)13-17(28)26-9-11-27(12-10-26)23(31)34-5-2/h6-8H,4-5,9-13H2,1-3H3,(H2,24,29). The summed E-state index contributed by atoms with van der Waals surface area (Å²) >= 11 is 0. The molecule has 34 heavy (non-hydrogen) atoms. The van der Waals surface area contributed by atoms with E-state index in [1.54, 1.807) is 35.8 Å². The monoisotopic (exact) mass is 472 g/mol. The van der Waals surface area contributed by atoms with Crippen LogP contribution < -0.4 is 10.5 Å². The average molecular weight is 472 g/mol. The van der Waals surface area contributed by atoms with Gasteiger partial charge in [0.1, 0.15) is 5.56 Å². The number of fused-ring (bicyclic) bond motifs is 1. The van der Waals surface area contributed by atoms with E-state index in [4.69, 9.17) is 19.9 Å². The maximum absolute atomic E-state index is 13.1. The molecule has 1 saturated heterocycles. The van der Waals surface area contributed by atoms with Gasteiger partial charge in [-0.3, -0.25) is 9.59 Å². The zero-order valence-corrected chi connectivity index (χ0v) is 19.5. The number of rotatable bonds is 7. The van der Waals surface area contributed by atoms with Crippen LogP contribution in [0.25, 0.3) is 10.9 Å². The van der Waals surface area contributed by atoms with Crippen molar-refractivity contribution in [1.82, 2.24) is 14.8 Å². The number of aromatic nitrogens is 1. The van der Waals surface area contributed by atoms with Gasteiger partial charge in [0.05, 0.1) is 38.0 Å². The molecular weight excluding hydrogens is 444 g/mol. The van der Waals surface area contributed by atoms with Crippen LogP contribution in [0.3, 0.4) is 0 Å². The van der Waals surface area contributed by atoms with E-state index in [1.165, 1.54) is 13.2 Å². The molecule has 1 aromatic carbocycles. The van der Waals surface area contributed by atoms with E-state index in [0.29, 0.717) is 31.7 Å². The predicted octanol–water partition coefficient (Wildman–Crippen LogP) is 1.36. The Hall–Kier alpha value is -3.89. The molecule has 1 aromatic heterocycles. The lowest BCUT2D eigenvalue weighted by Gasteiger charge is -2.34. The van der Waals surface area contributed by atoms with Crippen LogP contribution in [-0.4, -0.2) is 85.2 Å². The number of carbonyl (C=O) groups is 4. The van der Waals surface area contributed by atoms with Crippen molar-refractivity contribution in [2.75, 3.05) is 46.5 Å². The zero-order valence-electron chi connectivity index (χ0n) is 19.5.